The number of aromatic amines is 2. The highest BCUT2D eigenvalue weighted by atomic mass is 16.4. The van der Waals surface area contributed by atoms with Crippen molar-refractivity contribution in [3.8, 4) is 11.5 Å². The SMILES string of the molecule is CC[C@H](C)[C@H](NC(=O)[C@H](Cc1cnc[nH]1)NC(=O)[C@H](CO)NC(=O)[C@H](CCC(N)=O)NC(=O)[C@H](Cc1ccc(O)cc1)NC(=O)[C@@H](NC(=O)[C@H](CO)NC(=O)[C@H](Cc1cnc[nH]1)NC(=O)[C@@H](N)Cc1ccc(O)cc1)[C@@H](C)CC)C(=O)O. The van der Waals surface area contributed by atoms with Gasteiger partial charge in [-0.1, -0.05) is 64.8 Å². The fraction of sp³-hybridized carbons (Fsp3) is 0.472. The van der Waals surface area contributed by atoms with Crippen LogP contribution in [0.2, 0.25) is 0 Å². The van der Waals surface area contributed by atoms with E-state index in [0.29, 0.717) is 28.9 Å². The zero-order valence-corrected chi connectivity index (χ0v) is 45.7. The number of imidazole rings is 2. The maximum absolute atomic E-state index is 14.4. The number of benzene rings is 2. The third kappa shape index (κ3) is 20.6. The fourth-order valence-electron chi connectivity index (χ4n) is 8.17. The molecule has 9 amide bonds. The number of carbonyl (C=O) groups is 10. The van der Waals surface area contributed by atoms with E-state index in [0.717, 1.165) is 0 Å². The van der Waals surface area contributed by atoms with Crippen LogP contribution in [0, 0.1) is 11.8 Å². The number of nitrogens with zero attached hydrogens (tertiary/aromatic N) is 2. The lowest BCUT2D eigenvalue weighted by molar-refractivity contribution is -0.144. The van der Waals surface area contributed by atoms with Crippen molar-refractivity contribution in [3.63, 3.8) is 0 Å². The molecule has 0 aliphatic rings. The number of H-pyrrole nitrogens is 2. The number of phenolic OH excluding ortho intramolecular Hbond substituents is 2. The lowest BCUT2D eigenvalue weighted by Crippen LogP contribution is -2.62. The van der Waals surface area contributed by atoms with Gasteiger partial charge in [-0.2, -0.15) is 0 Å². The van der Waals surface area contributed by atoms with Crippen molar-refractivity contribution in [1.29, 1.82) is 0 Å². The Balaban J connectivity index is 1.55. The lowest BCUT2D eigenvalue weighted by atomic mass is 9.96. The molecular formula is C53H74N14O15. The Bertz CT molecular complexity index is 2770. The second-order valence-corrected chi connectivity index (χ2v) is 19.7. The predicted octanol–water partition coefficient (Wildman–Crippen LogP) is -3.55. The smallest absolute Gasteiger partial charge is 0.326 e. The summed E-state index contributed by atoms with van der Waals surface area (Å²) in [5, 5.41) is 70.0. The van der Waals surface area contributed by atoms with Gasteiger partial charge in [-0.05, 0) is 60.1 Å². The number of hydrogen-bond donors (Lipinski definition) is 17. The fourth-order valence-corrected chi connectivity index (χ4v) is 8.17. The van der Waals surface area contributed by atoms with Crippen LogP contribution in [-0.4, -0.2) is 172 Å². The number of hydrogen-bond acceptors (Lipinski definition) is 17. The summed E-state index contributed by atoms with van der Waals surface area (Å²) in [7, 11) is 0. The number of nitrogens with two attached hydrogens (primary N) is 2. The zero-order chi connectivity index (χ0) is 60.6. The number of carboxylic acid groups (broad SMARTS) is 1. The molecule has 0 aliphatic carbocycles. The Kier molecular flexibility index (Phi) is 25.8. The molecular weight excluding hydrogens is 1070 g/mol. The minimum atomic E-state index is -1.82. The molecule has 0 bridgehead atoms. The third-order valence-electron chi connectivity index (χ3n) is 13.5. The van der Waals surface area contributed by atoms with Gasteiger partial charge in [-0.15, -0.1) is 0 Å². The summed E-state index contributed by atoms with van der Waals surface area (Å²) in [5.41, 5.74) is 13.3. The largest absolute Gasteiger partial charge is 0.508 e. The summed E-state index contributed by atoms with van der Waals surface area (Å²) in [6, 6.07) is -2.24. The van der Waals surface area contributed by atoms with Crippen molar-refractivity contribution < 1.29 is 73.5 Å². The summed E-state index contributed by atoms with van der Waals surface area (Å²) in [5.74, 6) is -11.5. The molecule has 446 valence electrons. The quantitative estimate of drug-likeness (QED) is 0.0215. The van der Waals surface area contributed by atoms with E-state index in [4.69, 9.17) is 11.5 Å². The Morgan fingerprint density at radius 3 is 1.30 bits per heavy atom. The first-order chi connectivity index (χ1) is 39.0. The average molecular weight is 1150 g/mol. The number of amides is 9. The van der Waals surface area contributed by atoms with Gasteiger partial charge in [0.05, 0.1) is 31.9 Å². The molecule has 0 saturated heterocycles. The monoisotopic (exact) mass is 1150 g/mol. The van der Waals surface area contributed by atoms with Gasteiger partial charge >= 0.3 is 5.97 Å². The first kappa shape index (κ1) is 65.6. The lowest BCUT2D eigenvalue weighted by Gasteiger charge is -2.29. The number of primary amides is 1. The molecule has 4 rings (SSSR count). The zero-order valence-electron chi connectivity index (χ0n) is 45.7. The van der Waals surface area contributed by atoms with Crippen LogP contribution in [0.15, 0.2) is 73.6 Å². The molecule has 19 N–H and O–H groups in total. The summed E-state index contributed by atoms with van der Waals surface area (Å²) in [6.45, 7) is 4.54. The highest BCUT2D eigenvalue weighted by Gasteiger charge is 2.37. The summed E-state index contributed by atoms with van der Waals surface area (Å²) in [6.07, 6.45) is 4.33. The molecule has 2 aromatic carbocycles. The van der Waals surface area contributed by atoms with Crippen LogP contribution in [0.3, 0.4) is 0 Å². The molecule has 11 atom stereocenters. The molecule has 0 radical (unpaired) electrons. The highest BCUT2D eigenvalue weighted by Crippen LogP contribution is 2.16. The topological polar surface area (TPSA) is 477 Å². The Morgan fingerprint density at radius 1 is 0.500 bits per heavy atom. The van der Waals surface area contributed by atoms with E-state index in [1.54, 1.807) is 39.8 Å². The second kappa shape index (κ2) is 32.3. The van der Waals surface area contributed by atoms with Gasteiger partial charge in [0.25, 0.3) is 0 Å². The number of aromatic nitrogens is 4. The summed E-state index contributed by atoms with van der Waals surface area (Å²) < 4.78 is 0. The molecule has 0 saturated carbocycles. The van der Waals surface area contributed by atoms with Gasteiger partial charge in [0, 0.05) is 49.5 Å². The normalized spacial score (nSPS) is 15.2. The Labute approximate surface area is 471 Å². The second-order valence-electron chi connectivity index (χ2n) is 19.7. The number of nitrogens with one attached hydrogen (secondary N) is 10. The third-order valence-corrected chi connectivity index (χ3v) is 13.5. The van der Waals surface area contributed by atoms with Crippen LogP contribution in [0.4, 0.5) is 0 Å². The number of aliphatic hydroxyl groups is 2. The van der Waals surface area contributed by atoms with Crippen molar-refractivity contribution in [2.45, 2.75) is 133 Å². The van der Waals surface area contributed by atoms with Crippen LogP contribution in [0.25, 0.3) is 0 Å². The number of aliphatic hydroxyl groups excluding tert-OH is 2. The molecule has 0 fully saturated rings. The molecule has 0 unspecified atom stereocenters. The van der Waals surface area contributed by atoms with Crippen LogP contribution in [-0.2, 0) is 73.6 Å². The van der Waals surface area contributed by atoms with E-state index in [1.807, 2.05) is 0 Å². The van der Waals surface area contributed by atoms with Crippen LogP contribution in [0.5, 0.6) is 11.5 Å². The van der Waals surface area contributed by atoms with Crippen molar-refractivity contribution in [2.75, 3.05) is 13.2 Å². The number of rotatable bonds is 34. The van der Waals surface area contributed by atoms with Gasteiger partial charge in [0.2, 0.25) is 53.2 Å². The van der Waals surface area contributed by atoms with Gasteiger partial charge in [-0.3, -0.25) is 43.2 Å². The highest BCUT2D eigenvalue weighted by molar-refractivity contribution is 5.98. The summed E-state index contributed by atoms with van der Waals surface area (Å²) >= 11 is 0. The number of phenols is 2. The molecule has 2 heterocycles. The maximum Gasteiger partial charge on any atom is 0.326 e. The number of carboxylic acids is 1. The van der Waals surface area contributed by atoms with E-state index in [1.165, 1.54) is 61.4 Å². The Hall–Kier alpha value is -8.96. The molecule has 0 spiro atoms. The van der Waals surface area contributed by atoms with E-state index >= 15 is 0 Å². The molecule has 29 heteroatoms. The van der Waals surface area contributed by atoms with Crippen molar-refractivity contribution in [2.24, 2.45) is 23.3 Å². The average Bonchev–Trinajstić information content (AvgIpc) is 4.22. The van der Waals surface area contributed by atoms with Crippen LogP contribution in [0.1, 0.15) is 75.9 Å². The first-order valence-corrected chi connectivity index (χ1v) is 26.4. The number of aromatic hydroxyl groups is 2. The van der Waals surface area contributed by atoms with Crippen molar-refractivity contribution in [1.82, 2.24) is 62.5 Å². The standard InChI is InChI=1S/C53H74N14O15/c1-5-27(3)43(66-51(79)41(24-69)65-48(76)38(19-31-21-56-25-58-31)61-45(73)35(54)17-29-7-11-33(70)12-8-29)52(80)63-37(18-30-9-13-34(71)14-10-30)47(75)60-36(15-16-42(55)72)46(74)64-40(23-68)50(78)62-39(20-32-22-57-26-59-32)49(77)67-44(53(81)82)28(4)6-2/h7-14,21-22,25-28,35-41,43-44,68-71H,5-6,15-20,23-24,54H2,1-4H3,(H2,55,72)(H,56,58)(H,57,59)(H,60,75)(H,61,73)(H,62,78)(H,63,80)(H,64,74)(H,65,76)(H,66,79)(H,67,77)(H,81,82)/t27-,28-,35-,36-,37-,38-,39-,40-,41-,43-,44-/m0/s1. The predicted molar refractivity (Wildman–Crippen MR) is 291 cm³/mol. The van der Waals surface area contributed by atoms with E-state index in [2.05, 4.69) is 62.5 Å². The van der Waals surface area contributed by atoms with Gasteiger partial charge in [0.1, 0.15) is 59.8 Å². The minimum Gasteiger partial charge on any atom is -0.508 e. The first-order valence-electron chi connectivity index (χ1n) is 26.4. The van der Waals surface area contributed by atoms with E-state index < -0.39 is 151 Å². The van der Waals surface area contributed by atoms with Gasteiger partial charge in [0.15, 0.2) is 0 Å². The van der Waals surface area contributed by atoms with Gasteiger partial charge in [-0.25, -0.2) is 14.8 Å². The Morgan fingerprint density at radius 2 is 0.866 bits per heavy atom. The van der Waals surface area contributed by atoms with Crippen LogP contribution < -0.4 is 54.0 Å². The minimum absolute atomic E-state index is 0.000550. The number of carbonyl (C=O) groups excluding carboxylic acids is 9. The van der Waals surface area contributed by atoms with Crippen LogP contribution >= 0.6 is 0 Å². The number of aliphatic carboxylic acids is 1. The maximum atomic E-state index is 14.4. The van der Waals surface area contributed by atoms with E-state index in [-0.39, 0.29) is 43.6 Å². The van der Waals surface area contributed by atoms with Crippen molar-refractivity contribution >= 4 is 59.1 Å². The molecule has 29 nitrogen and oxygen atoms in total. The molecule has 2 aromatic heterocycles. The molecule has 4 aromatic rings. The summed E-state index contributed by atoms with van der Waals surface area (Å²) in [4.78, 5) is 149. The van der Waals surface area contributed by atoms with E-state index in [9.17, 15) is 73.5 Å². The van der Waals surface area contributed by atoms with Gasteiger partial charge < -0.3 is 89.5 Å². The van der Waals surface area contributed by atoms with Crippen molar-refractivity contribution in [3.05, 3.63) is 96.1 Å². The molecule has 0 aliphatic heterocycles. The molecule has 82 heavy (non-hydrogen) atoms.